The van der Waals surface area contributed by atoms with Crippen molar-refractivity contribution in [3.63, 3.8) is 0 Å². The number of anilines is 3. The van der Waals surface area contributed by atoms with Gasteiger partial charge in [0.15, 0.2) is 12.4 Å². The van der Waals surface area contributed by atoms with Gasteiger partial charge in [0.05, 0.1) is 11.9 Å². The number of piperidine rings is 1. The van der Waals surface area contributed by atoms with Gasteiger partial charge >= 0.3 is 0 Å². The van der Waals surface area contributed by atoms with Crippen molar-refractivity contribution in [1.82, 2.24) is 25.1 Å². The lowest BCUT2D eigenvalue weighted by atomic mass is 9.96. The highest BCUT2D eigenvalue weighted by Gasteiger charge is 2.23. The van der Waals surface area contributed by atoms with Crippen LogP contribution in [-0.4, -0.2) is 57.7 Å². The van der Waals surface area contributed by atoms with Crippen molar-refractivity contribution in [3.05, 3.63) is 30.2 Å². The average Bonchev–Trinajstić information content (AvgIpc) is 3.17. The van der Waals surface area contributed by atoms with Crippen LogP contribution in [0.5, 0.6) is 5.75 Å². The van der Waals surface area contributed by atoms with Gasteiger partial charge in [-0.3, -0.25) is 9.89 Å². The maximum Gasteiger partial charge on any atom is 0.262 e. The minimum atomic E-state index is -0.160. The van der Waals surface area contributed by atoms with E-state index in [4.69, 9.17) is 14.7 Å². The van der Waals surface area contributed by atoms with Gasteiger partial charge < -0.3 is 20.3 Å². The lowest BCUT2D eigenvalue weighted by Gasteiger charge is -2.28. The Hall–Kier alpha value is -3.20. The molecule has 1 aromatic carbocycles. The van der Waals surface area contributed by atoms with Crippen molar-refractivity contribution in [2.45, 2.75) is 18.8 Å². The number of nitrogens with one attached hydrogen (secondary N) is 3. The number of hydrogen-bond acceptors (Lipinski definition) is 7. The fourth-order valence-electron chi connectivity index (χ4n) is 3.70. The Balaban J connectivity index is 1.48. The number of ether oxygens (including phenoxy) is 1. The molecule has 4 heterocycles. The smallest absolute Gasteiger partial charge is 0.262 e. The van der Waals surface area contributed by atoms with E-state index < -0.39 is 0 Å². The van der Waals surface area contributed by atoms with Crippen LogP contribution in [-0.2, 0) is 4.79 Å². The molecule has 0 saturated carbocycles. The number of carbonyl (C=O) groups is 1. The molecule has 144 valence electrons. The molecule has 9 heteroatoms. The van der Waals surface area contributed by atoms with E-state index in [1.54, 1.807) is 6.20 Å². The molecule has 1 amide bonds. The molecule has 1 fully saturated rings. The highest BCUT2D eigenvalue weighted by Crippen LogP contribution is 2.33. The van der Waals surface area contributed by atoms with E-state index in [1.807, 2.05) is 18.2 Å². The molecule has 0 radical (unpaired) electrons. The van der Waals surface area contributed by atoms with Crippen LogP contribution < -0.4 is 15.4 Å². The predicted molar refractivity (Wildman–Crippen MR) is 105 cm³/mol. The maximum atomic E-state index is 11.6. The van der Waals surface area contributed by atoms with Crippen LogP contribution in [0.2, 0.25) is 0 Å². The Labute approximate surface area is 161 Å². The van der Waals surface area contributed by atoms with Crippen LogP contribution in [0.15, 0.2) is 24.4 Å². The molecule has 0 aliphatic carbocycles. The molecule has 5 rings (SSSR count). The third kappa shape index (κ3) is 3.13. The molecule has 3 N–H and O–H groups in total. The summed E-state index contributed by atoms with van der Waals surface area (Å²) in [5.41, 5.74) is 3.00. The van der Waals surface area contributed by atoms with Crippen LogP contribution in [0, 0.1) is 0 Å². The normalized spacial score (nSPS) is 17.8. The highest BCUT2D eigenvalue weighted by atomic mass is 16.5. The number of benzene rings is 1. The Morgan fingerprint density at radius 2 is 2.11 bits per heavy atom. The molecule has 0 bridgehead atoms. The molecule has 3 aromatic rings. The lowest BCUT2D eigenvalue weighted by molar-refractivity contribution is -0.118. The van der Waals surface area contributed by atoms with E-state index >= 15 is 0 Å². The summed E-state index contributed by atoms with van der Waals surface area (Å²) in [4.78, 5) is 23.5. The molecule has 2 aliphatic heterocycles. The van der Waals surface area contributed by atoms with Gasteiger partial charge in [-0.15, -0.1) is 0 Å². The topological polar surface area (TPSA) is 108 Å². The standard InChI is InChI=1S/C19H21N7O2/c1-26-6-4-11(5-7-26)18-23-14-9-20-25-17(14)19(24-18)21-12-2-3-15-13(8-12)22-16(27)10-28-15/h2-3,8-9,11H,4-7,10H2,1H3,(H,20,25)(H,22,27)(H,21,23,24). The Morgan fingerprint density at radius 3 is 2.96 bits per heavy atom. The van der Waals surface area contributed by atoms with E-state index in [1.165, 1.54) is 0 Å². The highest BCUT2D eigenvalue weighted by molar-refractivity contribution is 5.96. The molecule has 0 unspecified atom stereocenters. The number of fused-ring (bicyclic) bond motifs is 2. The number of rotatable bonds is 3. The van der Waals surface area contributed by atoms with Gasteiger partial charge in [0, 0.05) is 11.6 Å². The zero-order valence-corrected chi connectivity index (χ0v) is 15.5. The molecule has 1 saturated heterocycles. The molecule has 2 aliphatic rings. The SMILES string of the molecule is CN1CCC(c2nc(Nc3ccc4c(c3)NC(=O)CO4)c3[nH]ncc3n2)CC1. The first-order valence-corrected chi connectivity index (χ1v) is 9.39. The van der Waals surface area contributed by atoms with Gasteiger partial charge in [-0.1, -0.05) is 0 Å². The molecule has 0 atom stereocenters. The zero-order chi connectivity index (χ0) is 19.1. The summed E-state index contributed by atoms with van der Waals surface area (Å²) in [6, 6.07) is 5.57. The predicted octanol–water partition coefficient (Wildman–Crippen LogP) is 2.24. The van der Waals surface area contributed by atoms with Crippen LogP contribution in [0.3, 0.4) is 0 Å². The van der Waals surface area contributed by atoms with Gasteiger partial charge in [0.25, 0.3) is 5.91 Å². The molecule has 28 heavy (non-hydrogen) atoms. The van der Waals surface area contributed by atoms with Crippen LogP contribution in [0.4, 0.5) is 17.2 Å². The number of amides is 1. The van der Waals surface area contributed by atoms with Gasteiger partial charge in [0.2, 0.25) is 0 Å². The zero-order valence-electron chi connectivity index (χ0n) is 15.5. The fourth-order valence-corrected chi connectivity index (χ4v) is 3.70. The van der Waals surface area contributed by atoms with E-state index in [-0.39, 0.29) is 12.5 Å². The first-order chi connectivity index (χ1) is 13.7. The van der Waals surface area contributed by atoms with Crippen molar-refractivity contribution in [3.8, 4) is 5.75 Å². The Kier molecular flexibility index (Phi) is 4.09. The number of carbonyl (C=O) groups excluding carboxylic acids is 1. The van der Waals surface area contributed by atoms with E-state index in [9.17, 15) is 4.79 Å². The first kappa shape index (κ1) is 16.9. The van der Waals surface area contributed by atoms with Crippen molar-refractivity contribution in [2.75, 3.05) is 37.4 Å². The average molecular weight is 379 g/mol. The number of likely N-dealkylation sites (tertiary alicyclic amines) is 1. The summed E-state index contributed by atoms with van der Waals surface area (Å²) < 4.78 is 5.42. The molecular formula is C19H21N7O2. The summed E-state index contributed by atoms with van der Waals surface area (Å²) in [7, 11) is 2.14. The van der Waals surface area contributed by atoms with Crippen LogP contribution in [0.25, 0.3) is 11.0 Å². The largest absolute Gasteiger partial charge is 0.482 e. The van der Waals surface area contributed by atoms with Crippen molar-refractivity contribution >= 4 is 34.1 Å². The quantitative estimate of drug-likeness (QED) is 0.640. The second kappa shape index (κ2) is 6.75. The molecule has 9 nitrogen and oxygen atoms in total. The molecule has 2 aromatic heterocycles. The number of aromatic amines is 1. The molecule has 0 spiro atoms. The Bertz CT molecular complexity index is 1040. The minimum Gasteiger partial charge on any atom is -0.482 e. The summed E-state index contributed by atoms with van der Waals surface area (Å²) in [5, 5.41) is 13.3. The Morgan fingerprint density at radius 1 is 1.25 bits per heavy atom. The van der Waals surface area contributed by atoms with Crippen molar-refractivity contribution < 1.29 is 9.53 Å². The van der Waals surface area contributed by atoms with Crippen molar-refractivity contribution in [1.29, 1.82) is 0 Å². The first-order valence-electron chi connectivity index (χ1n) is 9.39. The summed E-state index contributed by atoms with van der Waals surface area (Å²) >= 11 is 0. The van der Waals surface area contributed by atoms with Crippen LogP contribution in [0.1, 0.15) is 24.6 Å². The minimum absolute atomic E-state index is 0.0421. The molecular weight excluding hydrogens is 358 g/mol. The second-order valence-electron chi connectivity index (χ2n) is 7.31. The number of nitrogens with zero attached hydrogens (tertiary/aromatic N) is 4. The lowest BCUT2D eigenvalue weighted by Crippen LogP contribution is -2.30. The fraction of sp³-hybridized carbons (Fsp3) is 0.368. The third-order valence-corrected chi connectivity index (χ3v) is 5.28. The monoisotopic (exact) mass is 379 g/mol. The summed E-state index contributed by atoms with van der Waals surface area (Å²) in [5.74, 6) is 2.37. The number of hydrogen-bond donors (Lipinski definition) is 3. The summed E-state index contributed by atoms with van der Waals surface area (Å²) in [6.45, 7) is 2.13. The summed E-state index contributed by atoms with van der Waals surface area (Å²) in [6.07, 6.45) is 3.81. The number of aromatic nitrogens is 4. The number of H-pyrrole nitrogens is 1. The van der Waals surface area contributed by atoms with Gasteiger partial charge in [0.1, 0.15) is 22.6 Å². The third-order valence-electron chi connectivity index (χ3n) is 5.28. The maximum absolute atomic E-state index is 11.6. The second-order valence-corrected chi connectivity index (χ2v) is 7.31. The van der Waals surface area contributed by atoms with E-state index in [2.05, 4.69) is 32.8 Å². The van der Waals surface area contributed by atoms with Gasteiger partial charge in [-0.25, -0.2) is 9.97 Å². The van der Waals surface area contributed by atoms with Gasteiger partial charge in [-0.05, 0) is 51.2 Å². The van der Waals surface area contributed by atoms with E-state index in [0.29, 0.717) is 23.2 Å². The van der Waals surface area contributed by atoms with Gasteiger partial charge in [-0.2, -0.15) is 5.10 Å². The van der Waals surface area contributed by atoms with Crippen molar-refractivity contribution in [2.24, 2.45) is 0 Å². The van der Waals surface area contributed by atoms with Crippen LogP contribution >= 0.6 is 0 Å². The van der Waals surface area contributed by atoms with E-state index in [0.717, 1.165) is 48.5 Å².